The number of hydrogen-bond acceptors (Lipinski definition) is 3. The summed E-state index contributed by atoms with van der Waals surface area (Å²) in [5.74, 6) is 1.91. The molecule has 0 aliphatic carbocycles. The molecule has 0 fully saturated rings. The van der Waals surface area contributed by atoms with E-state index in [1.165, 1.54) is 11.1 Å². The quantitative estimate of drug-likeness (QED) is 0.698. The third-order valence-corrected chi connectivity index (χ3v) is 3.85. The van der Waals surface area contributed by atoms with Gasteiger partial charge in [0.1, 0.15) is 18.1 Å². The van der Waals surface area contributed by atoms with Crippen LogP contribution in [0.15, 0.2) is 42.5 Å². The fourth-order valence-corrected chi connectivity index (χ4v) is 2.34. The van der Waals surface area contributed by atoms with Gasteiger partial charge in [0.2, 0.25) is 0 Å². The maximum absolute atomic E-state index is 5.89. The van der Waals surface area contributed by atoms with Gasteiger partial charge in [0, 0.05) is 12.2 Å². The molecule has 1 N–H and O–H groups in total. The highest BCUT2D eigenvalue weighted by Gasteiger charge is 2.03. The van der Waals surface area contributed by atoms with Gasteiger partial charge in [-0.25, -0.2) is 0 Å². The molecular formula is C20H27NO2. The summed E-state index contributed by atoms with van der Waals surface area (Å²) in [7, 11) is 0. The molecule has 3 nitrogen and oxygen atoms in total. The Morgan fingerprint density at radius 2 is 1.65 bits per heavy atom. The van der Waals surface area contributed by atoms with E-state index in [1.54, 1.807) is 0 Å². The number of nitrogens with one attached hydrogen (secondary N) is 1. The number of hydrogen-bond donors (Lipinski definition) is 1. The van der Waals surface area contributed by atoms with Crippen LogP contribution in [0.25, 0.3) is 0 Å². The molecule has 0 aliphatic heterocycles. The Hall–Kier alpha value is -2.16. The third-order valence-electron chi connectivity index (χ3n) is 3.85. The van der Waals surface area contributed by atoms with E-state index in [9.17, 15) is 0 Å². The first-order chi connectivity index (χ1) is 11.1. The normalized spacial score (nSPS) is 11.8. The van der Waals surface area contributed by atoms with Crippen molar-refractivity contribution in [1.29, 1.82) is 0 Å². The summed E-state index contributed by atoms with van der Waals surface area (Å²) in [4.78, 5) is 0. The van der Waals surface area contributed by atoms with E-state index in [-0.39, 0.29) is 6.10 Å². The minimum atomic E-state index is 0.250. The predicted octanol–water partition coefficient (Wildman–Crippen LogP) is 4.97. The van der Waals surface area contributed by atoms with Crippen molar-refractivity contribution >= 4 is 5.69 Å². The molecular weight excluding hydrogens is 286 g/mol. The van der Waals surface area contributed by atoms with Gasteiger partial charge in [-0.15, -0.1) is 0 Å². The molecule has 0 heterocycles. The first kappa shape index (κ1) is 17.2. The van der Waals surface area contributed by atoms with Gasteiger partial charge >= 0.3 is 0 Å². The summed E-state index contributed by atoms with van der Waals surface area (Å²) in [6.45, 7) is 9.75. The van der Waals surface area contributed by atoms with Crippen LogP contribution in [0.4, 0.5) is 5.69 Å². The Bertz CT molecular complexity index is 587. The van der Waals surface area contributed by atoms with Gasteiger partial charge in [-0.05, 0) is 62.6 Å². The maximum Gasteiger partial charge on any atom is 0.125 e. The Kier molecular flexibility index (Phi) is 6.33. The zero-order chi connectivity index (χ0) is 16.7. The Morgan fingerprint density at radius 1 is 1.00 bits per heavy atom. The highest BCUT2D eigenvalue weighted by atomic mass is 16.5. The Morgan fingerprint density at radius 3 is 2.26 bits per heavy atom. The summed E-state index contributed by atoms with van der Waals surface area (Å²) < 4.78 is 11.7. The SMILES string of the molecule is CCC(C)Oc1ccc(NCCOc2c(C)cccc2C)cc1. The highest BCUT2D eigenvalue weighted by molar-refractivity contribution is 5.46. The van der Waals surface area contributed by atoms with Crippen LogP contribution in [-0.4, -0.2) is 19.3 Å². The van der Waals surface area contributed by atoms with Crippen LogP contribution in [0, 0.1) is 13.8 Å². The summed E-state index contributed by atoms with van der Waals surface area (Å²) in [5.41, 5.74) is 3.43. The van der Waals surface area contributed by atoms with Crippen molar-refractivity contribution in [2.75, 3.05) is 18.5 Å². The first-order valence-corrected chi connectivity index (χ1v) is 8.29. The van der Waals surface area contributed by atoms with Crippen LogP contribution >= 0.6 is 0 Å². The van der Waals surface area contributed by atoms with Gasteiger partial charge in [0.05, 0.1) is 6.10 Å². The molecule has 2 rings (SSSR count). The van der Waals surface area contributed by atoms with Crippen LogP contribution in [-0.2, 0) is 0 Å². The molecule has 2 aromatic carbocycles. The third kappa shape index (κ3) is 5.20. The second kappa shape index (κ2) is 8.47. The number of ether oxygens (including phenoxy) is 2. The molecule has 0 aliphatic rings. The molecule has 0 spiro atoms. The van der Waals surface area contributed by atoms with E-state index in [0.29, 0.717) is 6.61 Å². The zero-order valence-corrected chi connectivity index (χ0v) is 14.6. The van der Waals surface area contributed by atoms with Crippen molar-refractivity contribution in [2.45, 2.75) is 40.2 Å². The second-order valence-electron chi connectivity index (χ2n) is 5.86. The van der Waals surface area contributed by atoms with Crippen molar-refractivity contribution < 1.29 is 9.47 Å². The van der Waals surface area contributed by atoms with Crippen molar-refractivity contribution in [2.24, 2.45) is 0 Å². The molecule has 0 bridgehead atoms. The fraction of sp³-hybridized carbons (Fsp3) is 0.400. The summed E-state index contributed by atoms with van der Waals surface area (Å²) in [5, 5.41) is 3.37. The topological polar surface area (TPSA) is 30.5 Å². The number of anilines is 1. The van der Waals surface area contributed by atoms with Crippen LogP contribution in [0.2, 0.25) is 0 Å². The van der Waals surface area contributed by atoms with E-state index in [1.807, 2.05) is 24.3 Å². The number of aryl methyl sites for hydroxylation is 2. The predicted molar refractivity (Wildman–Crippen MR) is 96.7 cm³/mol. The van der Waals surface area contributed by atoms with E-state index in [0.717, 1.165) is 30.2 Å². The molecule has 0 aromatic heterocycles. The number of benzene rings is 2. The summed E-state index contributed by atoms with van der Waals surface area (Å²) in [6, 6.07) is 14.3. The van der Waals surface area contributed by atoms with Crippen LogP contribution in [0.3, 0.4) is 0 Å². The van der Waals surface area contributed by atoms with Gasteiger partial charge in [0.15, 0.2) is 0 Å². The number of rotatable bonds is 8. The highest BCUT2D eigenvalue weighted by Crippen LogP contribution is 2.22. The molecule has 2 aromatic rings. The summed E-state index contributed by atoms with van der Waals surface area (Å²) in [6.07, 6.45) is 1.26. The Labute approximate surface area is 139 Å². The number of para-hydroxylation sites is 1. The minimum absolute atomic E-state index is 0.250. The average molecular weight is 313 g/mol. The Balaban J connectivity index is 1.78. The maximum atomic E-state index is 5.89. The first-order valence-electron chi connectivity index (χ1n) is 8.29. The van der Waals surface area contributed by atoms with Gasteiger partial charge < -0.3 is 14.8 Å². The lowest BCUT2D eigenvalue weighted by Crippen LogP contribution is -2.12. The smallest absolute Gasteiger partial charge is 0.125 e. The van der Waals surface area contributed by atoms with Gasteiger partial charge in [-0.2, -0.15) is 0 Å². The average Bonchev–Trinajstić information content (AvgIpc) is 2.55. The lowest BCUT2D eigenvalue weighted by molar-refractivity contribution is 0.217. The van der Waals surface area contributed by atoms with Crippen LogP contribution < -0.4 is 14.8 Å². The second-order valence-corrected chi connectivity index (χ2v) is 5.86. The lowest BCUT2D eigenvalue weighted by Gasteiger charge is -2.14. The zero-order valence-electron chi connectivity index (χ0n) is 14.6. The molecule has 0 amide bonds. The van der Waals surface area contributed by atoms with Crippen molar-refractivity contribution in [3.63, 3.8) is 0 Å². The molecule has 1 atom stereocenters. The van der Waals surface area contributed by atoms with E-state index >= 15 is 0 Å². The summed E-state index contributed by atoms with van der Waals surface area (Å²) >= 11 is 0. The van der Waals surface area contributed by atoms with Gasteiger partial charge in [0.25, 0.3) is 0 Å². The van der Waals surface area contributed by atoms with E-state index < -0.39 is 0 Å². The molecule has 1 unspecified atom stereocenters. The molecule has 3 heteroatoms. The van der Waals surface area contributed by atoms with E-state index in [4.69, 9.17) is 9.47 Å². The monoisotopic (exact) mass is 313 g/mol. The van der Waals surface area contributed by atoms with Gasteiger partial charge in [-0.1, -0.05) is 25.1 Å². The van der Waals surface area contributed by atoms with Crippen molar-refractivity contribution in [3.05, 3.63) is 53.6 Å². The molecule has 124 valence electrons. The molecule has 0 saturated heterocycles. The molecule has 23 heavy (non-hydrogen) atoms. The van der Waals surface area contributed by atoms with Crippen LogP contribution in [0.1, 0.15) is 31.4 Å². The largest absolute Gasteiger partial charge is 0.491 e. The van der Waals surface area contributed by atoms with Gasteiger partial charge in [-0.3, -0.25) is 0 Å². The minimum Gasteiger partial charge on any atom is -0.491 e. The lowest BCUT2D eigenvalue weighted by atomic mass is 10.1. The standard InChI is InChI=1S/C20H27NO2/c1-5-17(4)23-19-11-9-18(10-12-19)21-13-14-22-20-15(2)7-6-8-16(20)3/h6-12,17,21H,5,13-14H2,1-4H3. The van der Waals surface area contributed by atoms with Crippen molar-refractivity contribution in [1.82, 2.24) is 0 Å². The van der Waals surface area contributed by atoms with Crippen molar-refractivity contribution in [3.8, 4) is 11.5 Å². The molecule has 0 radical (unpaired) electrons. The van der Waals surface area contributed by atoms with Crippen LogP contribution in [0.5, 0.6) is 11.5 Å². The van der Waals surface area contributed by atoms with E-state index in [2.05, 4.69) is 51.2 Å². The molecule has 0 saturated carbocycles. The fourth-order valence-electron chi connectivity index (χ4n) is 2.34.